The summed E-state index contributed by atoms with van der Waals surface area (Å²) < 4.78 is 26.5. The van der Waals surface area contributed by atoms with Crippen molar-refractivity contribution in [3.8, 4) is 0 Å². The van der Waals surface area contributed by atoms with Gasteiger partial charge in [0.2, 0.25) is 5.91 Å². The SMILES string of the molecule is Cc1nc(NCCNC(=O)/C=C/c2cc(F)ccc2F)cc(N(C)C)n1. The van der Waals surface area contributed by atoms with Gasteiger partial charge in [-0.25, -0.2) is 18.7 Å². The number of carbonyl (C=O) groups is 1. The van der Waals surface area contributed by atoms with Gasteiger partial charge < -0.3 is 15.5 Å². The van der Waals surface area contributed by atoms with E-state index in [-0.39, 0.29) is 5.56 Å². The van der Waals surface area contributed by atoms with Crippen LogP contribution in [0.25, 0.3) is 6.08 Å². The summed E-state index contributed by atoms with van der Waals surface area (Å²) in [6.07, 6.45) is 2.40. The molecule has 0 atom stereocenters. The largest absolute Gasteiger partial charge is 0.368 e. The van der Waals surface area contributed by atoms with Crippen LogP contribution in [0.4, 0.5) is 20.4 Å². The van der Waals surface area contributed by atoms with E-state index in [9.17, 15) is 13.6 Å². The Balaban J connectivity index is 1.82. The lowest BCUT2D eigenvalue weighted by atomic mass is 10.2. The van der Waals surface area contributed by atoms with Crippen LogP contribution >= 0.6 is 0 Å². The third-order valence-corrected chi connectivity index (χ3v) is 3.39. The molecule has 26 heavy (non-hydrogen) atoms. The van der Waals surface area contributed by atoms with Gasteiger partial charge in [0, 0.05) is 44.9 Å². The average Bonchev–Trinajstić information content (AvgIpc) is 2.59. The third kappa shape index (κ3) is 5.80. The summed E-state index contributed by atoms with van der Waals surface area (Å²) in [7, 11) is 3.78. The minimum absolute atomic E-state index is 0.0194. The summed E-state index contributed by atoms with van der Waals surface area (Å²) in [5.74, 6) is 0.531. The van der Waals surface area contributed by atoms with E-state index in [0.29, 0.717) is 24.7 Å². The molecule has 0 spiro atoms. The van der Waals surface area contributed by atoms with Crippen LogP contribution in [0.3, 0.4) is 0 Å². The maximum absolute atomic E-state index is 13.5. The number of nitrogens with zero attached hydrogens (tertiary/aromatic N) is 3. The highest BCUT2D eigenvalue weighted by molar-refractivity contribution is 5.91. The average molecular weight is 361 g/mol. The molecule has 0 aliphatic heterocycles. The van der Waals surface area contributed by atoms with Gasteiger partial charge in [-0.1, -0.05) is 0 Å². The highest BCUT2D eigenvalue weighted by Gasteiger charge is 2.04. The van der Waals surface area contributed by atoms with E-state index in [0.717, 1.165) is 30.1 Å². The van der Waals surface area contributed by atoms with Crippen molar-refractivity contribution in [3.63, 3.8) is 0 Å². The van der Waals surface area contributed by atoms with Gasteiger partial charge in [-0.3, -0.25) is 4.79 Å². The van der Waals surface area contributed by atoms with Crippen LogP contribution in [0.5, 0.6) is 0 Å². The van der Waals surface area contributed by atoms with Crippen LogP contribution in [0.2, 0.25) is 0 Å². The second kappa shape index (κ2) is 8.89. The van der Waals surface area contributed by atoms with Crippen LogP contribution in [-0.4, -0.2) is 43.1 Å². The van der Waals surface area contributed by atoms with Crippen molar-refractivity contribution >= 4 is 23.6 Å². The molecule has 1 amide bonds. The minimum Gasteiger partial charge on any atom is -0.368 e. The summed E-state index contributed by atoms with van der Waals surface area (Å²) in [5, 5.41) is 5.75. The molecule has 0 bridgehead atoms. The van der Waals surface area contributed by atoms with E-state index in [1.807, 2.05) is 19.0 Å². The third-order valence-electron chi connectivity index (χ3n) is 3.39. The summed E-state index contributed by atoms with van der Waals surface area (Å²) in [6.45, 7) is 2.60. The molecule has 0 aliphatic rings. The molecular weight excluding hydrogens is 340 g/mol. The van der Waals surface area contributed by atoms with Gasteiger partial charge in [-0.15, -0.1) is 0 Å². The second-order valence-electron chi connectivity index (χ2n) is 5.77. The van der Waals surface area contributed by atoms with Crippen molar-refractivity contribution < 1.29 is 13.6 Å². The van der Waals surface area contributed by atoms with Crippen molar-refractivity contribution in [2.75, 3.05) is 37.4 Å². The van der Waals surface area contributed by atoms with Gasteiger partial charge >= 0.3 is 0 Å². The Bertz CT molecular complexity index is 808. The van der Waals surface area contributed by atoms with Gasteiger partial charge in [0.05, 0.1) is 0 Å². The predicted octanol–water partition coefficient (Wildman–Crippen LogP) is 2.37. The first-order valence-electron chi connectivity index (χ1n) is 8.03. The molecule has 8 heteroatoms. The first kappa shape index (κ1) is 19.3. The molecule has 2 N–H and O–H groups in total. The van der Waals surface area contributed by atoms with Crippen molar-refractivity contribution in [1.29, 1.82) is 0 Å². The lowest BCUT2D eigenvalue weighted by molar-refractivity contribution is -0.116. The fraction of sp³-hybridized carbons (Fsp3) is 0.278. The van der Waals surface area contributed by atoms with E-state index in [1.54, 1.807) is 13.0 Å². The van der Waals surface area contributed by atoms with Crippen LogP contribution in [0.1, 0.15) is 11.4 Å². The van der Waals surface area contributed by atoms with E-state index < -0.39 is 17.5 Å². The molecule has 138 valence electrons. The van der Waals surface area contributed by atoms with Gasteiger partial charge in [0.25, 0.3) is 0 Å². The normalized spacial score (nSPS) is 10.8. The van der Waals surface area contributed by atoms with Crippen molar-refractivity contribution in [2.24, 2.45) is 0 Å². The fourth-order valence-corrected chi connectivity index (χ4v) is 2.11. The molecule has 1 aromatic carbocycles. The zero-order chi connectivity index (χ0) is 19.1. The van der Waals surface area contributed by atoms with E-state index >= 15 is 0 Å². The lowest BCUT2D eigenvalue weighted by Gasteiger charge is -2.14. The number of carbonyl (C=O) groups excluding carboxylic acids is 1. The first-order chi connectivity index (χ1) is 12.3. The number of amides is 1. The number of aromatic nitrogens is 2. The Morgan fingerprint density at radius 1 is 1.19 bits per heavy atom. The minimum atomic E-state index is -0.590. The highest BCUT2D eigenvalue weighted by atomic mass is 19.1. The zero-order valence-corrected chi connectivity index (χ0v) is 14.9. The fourth-order valence-electron chi connectivity index (χ4n) is 2.11. The van der Waals surface area contributed by atoms with Crippen LogP contribution < -0.4 is 15.5 Å². The molecule has 2 aromatic rings. The number of anilines is 2. The highest BCUT2D eigenvalue weighted by Crippen LogP contribution is 2.13. The number of aryl methyl sites for hydroxylation is 1. The summed E-state index contributed by atoms with van der Waals surface area (Å²) in [4.78, 5) is 22.2. The van der Waals surface area contributed by atoms with Gasteiger partial charge in [0.15, 0.2) is 0 Å². The van der Waals surface area contributed by atoms with Crippen LogP contribution in [-0.2, 0) is 4.79 Å². The number of hydrogen-bond donors (Lipinski definition) is 2. The Morgan fingerprint density at radius 2 is 1.96 bits per heavy atom. The Morgan fingerprint density at radius 3 is 2.69 bits per heavy atom. The Kier molecular flexibility index (Phi) is 6.60. The summed E-state index contributed by atoms with van der Waals surface area (Å²) >= 11 is 0. The first-order valence-corrected chi connectivity index (χ1v) is 8.03. The second-order valence-corrected chi connectivity index (χ2v) is 5.77. The van der Waals surface area contributed by atoms with Crippen molar-refractivity contribution in [3.05, 3.63) is 53.4 Å². The quantitative estimate of drug-likeness (QED) is 0.585. The van der Waals surface area contributed by atoms with Crippen molar-refractivity contribution in [1.82, 2.24) is 15.3 Å². The lowest BCUT2D eigenvalue weighted by Crippen LogP contribution is -2.27. The summed E-state index contributed by atoms with van der Waals surface area (Å²) in [6, 6.07) is 4.87. The van der Waals surface area contributed by atoms with Crippen LogP contribution in [0.15, 0.2) is 30.3 Å². The molecule has 0 saturated carbocycles. The predicted molar refractivity (Wildman–Crippen MR) is 98.0 cm³/mol. The number of halogens is 2. The number of rotatable bonds is 7. The molecule has 2 rings (SSSR count). The topological polar surface area (TPSA) is 70.2 Å². The standard InChI is InChI=1S/C18H21F2N5O/c1-12-23-16(11-17(24-12)25(2)3)21-8-9-22-18(26)7-4-13-10-14(19)5-6-15(13)20/h4-7,10-11H,8-9H2,1-3H3,(H,22,26)(H,21,23,24)/b7-4+. The molecule has 0 fully saturated rings. The Labute approximate surface area is 151 Å². The smallest absolute Gasteiger partial charge is 0.244 e. The molecule has 0 saturated heterocycles. The molecule has 0 aliphatic carbocycles. The number of nitrogens with one attached hydrogen (secondary N) is 2. The monoisotopic (exact) mass is 361 g/mol. The van der Waals surface area contributed by atoms with Gasteiger partial charge in [0.1, 0.15) is 29.1 Å². The maximum Gasteiger partial charge on any atom is 0.244 e. The van der Waals surface area contributed by atoms with E-state index in [2.05, 4.69) is 20.6 Å². The summed E-state index contributed by atoms with van der Waals surface area (Å²) in [5.41, 5.74) is 0.0194. The van der Waals surface area contributed by atoms with Crippen molar-refractivity contribution in [2.45, 2.75) is 6.92 Å². The van der Waals surface area contributed by atoms with Gasteiger partial charge in [-0.2, -0.15) is 0 Å². The maximum atomic E-state index is 13.5. The zero-order valence-electron chi connectivity index (χ0n) is 14.9. The van der Waals surface area contributed by atoms with E-state index in [1.165, 1.54) is 6.08 Å². The van der Waals surface area contributed by atoms with E-state index in [4.69, 9.17) is 0 Å². The number of hydrogen-bond acceptors (Lipinski definition) is 5. The molecular formula is C18H21F2N5O. The van der Waals surface area contributed by atoms with Gasteiger partial charge in [-0.05, 0) is 31.2 Å². The van der Waals surface area contributed by atoms with Crippen LogP contribution in [0, 0.1) is 18.6 Å². The molecule has 0 unspecified atom stereocenters. The molecule has 0 radical (unpaired) electrons. The Hall–Kier alpha value is -3.03. The number of benzene rings is 1. The molecule has 6 nitrogen and oxygen atoms in total. The molecule has 1 aromatic heterocycles. The molecule has 1 heterocycles.